The molecule has 0 bridgehead atoms. The number of hydrogen-bond donors (Lipinski definition) is 2. The van der Waals surface area contributed by atoms with Crippen LogP contribution in [0.25, 0.3) is 0 Å². The number of nitrogens with zero attached hydrogens (tertiary/aromatic N) is 1. The van der Waals surface area contributed by atoms with E-state index in [0.717, 1.165) is 0 Å². The number of likely N-dealkylation sites (tertiary alicyclic amines) is 1. The minimum Gasteiger partial charge on any atom is -0.461 e. The van der Waals surface area contributed by atoms with Crippen molar-refractivity contribution in [2.24, 2.45) is 11.1 Å². The topological polar surface area (TPSA) is 128 Å². The van der Waals surface area contributed by atoms with Crippen LogP contribution in [-0.4, -0.2) is 59.1 Å². The summed E-state index contributed by atoms with van der Waals surface area (Å²) in [5.41, 5.74) is 4.05. The molecule has 0 aromatic heterocycles. The Morgan fingerprint density at radius 1 is 1.11 bits per heavy atom. The minimum atomic E-state index is -0.953. The number of primary amides is 1. The summed E-state index contributed by atoms with van der Waals surface area (Å²) < 4.78 is 10.4. The van der Waals surface area contributed by atoms with Gasteiger partial charge in [-0.3, -0.25) is 14.4 Å². The third-order valence-electron chi connectivity index (χ3n) is 3.98. The Labute approximate surface area is 159 Å². The first-order valence-electron chi connectivity index (χ1n) is 8.88. The first-order chi connectivity index (χ1) is 12.1. The molecule has 1 aliphatic heterocycles. The van der Waals surface area contributed by atoms with E-state index in [4.69, 9.17) is 15.2 Å². The summed E-state index contributed by atoms with van der Waals surface area (Å²) in [6.45, 7) is 11.8. The standard InChI is InChI=1S/C18H31N3O6/c1-10(22)26-11-8-12(14(19)23)21(9-11)15(24)13(17(2,3)4)20-16(25)27-18(5,6)7/h11-13H,8-9H2,1-7H3,(H2,19,23)(H,20,25)/t11-,12?,13-/m1/s1. The lowest BCUT2D eigenvalue weighted by Crippen LogP contribution is -2.57. The van der Waals surface area contributed by atoms with Gasteiger partial charge in [0.15, 0.2) is 0 Å². The summed E-state index contributed by atoms with van der Waals surface area (Å²) in [4.78, 5) is 49.6. The van der Waals surface area contributed by atoms with Crippen molar-refractivity contribution in [3.8, 4) is 0 Å². The second-order valence-electron chi connectivity index (χ2n) is 8.82. The van der Waals surface area contributed by atoms with Crippen molar-refractivity contribution in [1.82, 2.24) is 10.2 Å². The highest BCUT2D eigenvalue weighted by molar-refractivity contribution is 5.92. The van der Waals surface area contributed by atoms with Crippen LogP contribution in [0.3, 0.4) is 0 Å². The van der Waals surface area contributed by atoms with E-state index in [9.17, 15) is 19.2 Å². The molecule has 3 atom stereocenters. The van der Waals surface area contributed by atoms with Crippen molar-refractivity contribution in [2.45, 2.75) is 78.7 Å². The number of rotatable bonds is 4. The van der Waals surface area contributed by atoms with Crippen LogP contribution >= 0.6 is 0 Å². The lowest BCUT2D eigenvalue weighted by Gasteiger charge is -2.35. The molecule has 3 N–H and O–H groups in total. The van der Waals surface area contributed by atoms with Gasteiger partial charge in [0.2, 0.25) is 11.8 Å². The van der Waals surface area contributed by atoms with Crippen LogP contribution < -0.4 is 11.1 Å². The van der Waals surface area contributed by atoms with Gasteiger partial charge in [0, 0.05) is 13.3 Å². The zero-order valence-electron chi connectivity index (χ0n) is 17.1. The summed E-state index contributed by atoms with van der Waals surface area (Å²) in [6, 6.07) is -1.86. The second-order valence-corrected chi connectivity index (χ2v) is 8.82. The molecule has 1 rings (SSSR count). The summed E-state index contributed by atoms with van der Waals surface area (Å²) in [7, 11) is 0. The molecule has 9 heteroatoms. The molecule has 1 saturated heterocycles. The number of carbonyl (C=O) groups excluding carboxylic acids is 4. The van der Waals surface area contributed by atoms with Gasteiger partial charge < -0.3 is 25.4 Å². The number of nitrogens with one attached hydrogen (secondary N) is 1. The molecule has 27 heavy (non-hydrogen) atoms. The number of ether oxygens (including phenoxy) is 2. The quantitative estimate of drug-likeness (QED) is 0.693. The largest absolute Gasteiger partial charge is 0.461 e. The minimum absolute atomic E-state index is 0.0363. The van der Waals surface area contributed by atoms with Gasteiger partial charge in [-0.05, 0) is 26.2 Å². The number of carbonyl (C=O) groups is 4. The summed E-state index contributed by atoms with van der Waals surface area (Å²) in [5, 5.41) is 2.59. The highest BCUT2D eigenvalue weighted by Gasteiger charge is 2.45. The van der Waals surface area contributed by atoms with Crippen LogP contribution in [0.2, 0.25) is 0 Å². The molecule has 0 aromatic carbocycles. The van der Waals surface area contributed by atoms with Crippen molar-refractivity contribution < 1.29 is 28.7 Å². The summed E-state index contributed by atoms with van der Waals surface area (Å²) in [6.07, 6.45) is -1.22. The Morgan fingerprint density at radius 3 is 2.07 bits per heavy atom. The van der Waals surface area contributed by atoms with Gasteiger partial charge >= 0.3 is 12.1 Å². The first kappa shape index (κ1) is 22.7. The van der Waals surface area contributed by atoms with Gasteiger partial charge in [-0.1, -0.05) is 20.8 Å². The SMILES string of the molecule is CC(=O)O[C@@H]1CC(C(N)=O)N(C(=O)[C@@H](NC(=O)OC(C)(C)C)C(C)(C)C)C1. The molecule has 1 heterocycles. The monoisotopic (exact) mass is 385 g/mol. The molecular formula is C18H31N3O6. The molecule has 0 aliphatic carbocycles. The zero-order chi connectivity index (χ0) is 21.2. The van der Waals surface area contributed by atoms with Gasteiger partial charge in [0.05, 0.1) is 6.54 Å². The smallest absolute Gasteiger partial charge is 0.408 e. The third kappa shape index (κ3) is 6.73. The van der Waals surface area contributed by atoms with E-state index in [2.05, 4.69) is 5.32 Å². The van der Waals surface area contributed by atoms with Crippen molar-refractivity contribution in [3.63, 3.8) is 0 Å². The highest BCUT2D eigenvalue weighted by atomic mass is 16.6. The Bertz CT molecular complexity index is 605. The molecule has 0 radical (unpaired) electrons. The molecule has 1 aliphatic rings. The number of alkyl carbamates (subject to hydrolysis) is 1. The average Bonchev–Trinajstić information content (AvgIpc) is 2.84. The van der Waals surface area contributed by atoms with Crippen LogP contribution in [-0.2, 0) is 23.9 Å². The van der Waals surface area contributed by atoms with Crippen LogP contribution in [0.5, 0.6) is 0 Å². The fraction of sp³-hybridized carbons (Fsp3) is 0.778. The first-order valence-corrected chi connectivity index (χ1v) is 8.88. The molecule has 0 aromatic rings. The highest BCUT2D eigenvalue weighted by Crippen LogP contribution is 2.27. The molecule has 1 fully saturated rings. The Balaban J connectivity index is 3.04. The van der Waals surface area contributed by atoms with E-state index in [-0.39, 0.29) is 13.0 Å². The predicted octanol–water partition coefficient (Wildman–Crippen LogP) is 0.944. The second kappa shape index (κ2) is 8.14. The van der Waals surface area contributed by atoms with Crippen molar-refractivity contribution in [1.29, 1.82) is 0 Å². The Morgan fingerprint density at radius 2 is 1.67 bits per heavy atom. The van der Waals surface area contributed by atoms with Gasteiger partial charge in [-0.15, -0.1) is 0 Å². The molecule has 154 valence electrons. The van der Waals surface area contributed by atoms with Crippen LogP contribution in [0.4, 0.5) is 4.79 Å². The Kier molecular flexibility index (Phi) is 6.85. The molecule has 3 amide bonds. The van der Waals surface area contributed by atoms with Gasteiger partial charge in [0.25, 0.3) is 0 Å². The maximum Gasteiger partial charge on any atom is 0.408 e. The van der Waals surface area contributed by atoms with Crippen LogP contribution in [0.1, 0.15) is 54.9 Å². The number of amides is 3. The maximum absolute atomic E-state index is 13.1. The summed E-state index contributed by atoms with van der Waals surface area (Å²) in [5.74, 6) is -1.67. The van der Waals surface area contributed by atoms with Crippen molar-refractivity contribution in [2.75, 3.05) is 6.54 Å². The van der Waals surface area contributed by atoms with Gasteiger partial charge in [-0.25, -0.2) is 4.79 Å². The van der Waals surface area contributed by atoms with Gasteiger partial charge in [-0.2, -0.15) is 0 Å². The number of esters is 1. The van der Waals surface area contributed by atoms with Crippen LogP contribution in [0, 0.1) is 5.41 Å². The predicted molar refractivity (Wildman–Crippen MR) is 97.5 cm³/mol. The lowest BCUT2D eigenvalue weighted by molar-refractivity contribution is -0.147. The number of nitrogens with two attached hydrogens (primary N) is 1. The fourth-order valence-electron chi connectivity index (χ4n) is 2.87. The van der Waals surface area contributed by atoms with E-state index in [1.54, 1.807) is 41.5 Å². The summed E-state index contributed by atoms with van der Waals surface area (Å²) >= 11 is 0. The molecule has 0 saturated carbocycles. The average molecular weight is 385 g/mol. The normalized spacial score (nSPS) is 21.4. The van der Waals surface area contributed by atoms with Gasteiger partial charge in [0.1, 0.15) is 23.8 Å². The van der Waals surface area contributed by atoms with E-state index in [1.807, 2.05) is 0 Å². The Hall–Kier alpha value is -2.32. The van der Waals surface area contributed by atoms with Crippen molar-refractivity contribution >= 4 is 23.9 Å². The molecular weight excluding hydrogens is 354 g/mol. The third-order valence-corrected chi connectivity index (χ3v) is 3.98. The molecule has 1 unspecified atom stereocenters. The molecule has 0 spiro atoms. The fourth-order valence-corrected chi connectivity index (χ4v) is 2.87. The zero-order valence-corrected chi connectivity index (χ0v) is 17.1. The van der Waals surface area contributed by atoms with E-state index in [0.29, 0.717) is 0 Å². The lowest BCUT2D eigenvalue weighted by atomic mass is 9.85. The number of hydrogen-bond acceptors (Lipinski definition) is 6. The van der Waals surface area contributed by atoms with E-state index >= 15 is 0 Å². The molecule has 9 nitrogen and oxygen atoms in total. The van der Waals surface area contributed by atoms with Crippen molar-refractivity contribution in [3.05, 3.63) is 0 Å². The maximum atomic E-state index is 13.1. The van der Waals surface area contributed by atoms with E-state index < -0.39 is 53.1 Å². The van der Waals surface area contributed by atoms with E-state index in [1.165, 1.54) is 11.8 Å². The van der Waals surface area contributed by atoms with Crippen LogP contribution in [0.15, 0.2) is 0 Å².